The molecule has 0 bridgehead atoms. The lowest BCUT2D eigenvalue weighted by Crippen LogP contribution is -2.53. The molecule has 0 spiro atoms. The molecule has 5 atom stereocenters. The molecule has 0 N–H and O–H groups in total. The summed E-state index contributed by atoms with van der Waals surface area (Å²) in [5, 5.41) is 0. The van der Waals surface area contributed by atoms with Gasteiger partial charge in [0.2, 0.25) is 0 Å². The lowest BCUT2D eigenvalue weighted by molar-refractivity contribution is -0.290. The Morgan fingerprint density at radius 2 is 1.17 bits per heavy atom. The highest BCUT2D eigenvalue weighted by Gasteiger charge is 2.84. The van der Waals surface area contributed by atoms with Crippen molar-refractivity contribution in [2.75, 3.05) is 13.7 Å². The third-order valence-corrected chi connectivity index (χ3v) is 7.96. The second-order valence-corrected chi connectivity index (χ2v) is 10.6. The van der Waals surface area contributed by atoms with Crippen LogP contribution in [-0.2, 0) is 43.5 Å². The number of halogens is 2. The number of fused-ring (bicyclic) bond motifs is 1. The minimum absolute atomic E-state index is 0.204. The first-order valence-corrected chi connectivity index (χ1v) is 12.8. The Morgan fingerprint density at radius 3 is 1.67 bits per heavy atom. The Bertz CT molecular complexity index is 1100. The van der Waals surface area contributed by atoms with Gasteiger partial charge in [0, 0.05) is 7.11 Å². The van der Waals surface area contributed by atoms with E-state index < -0.39 is 28.4 Å². The fourth-order valence-electron chi connectivity index (χ4n) is 4.90. The standard InChI is InChI=1S/C29H30Cl2O5/c1-32-27-25(35-19-23-15-9-4-10-16-23)24(34-18-22-13-7-3-8-14-22)26-28(36-27,29(26,30)31)20-33-17-21-11-5-2-6-12-21/h2-16,24-27H,17-20H2,1H3/t24-,25-,26+,27-,28+/m1/s1. The molecule has 7 heteroatoms. The van der Waals surface area contributed by atoms with Crippen LogP contribution >= 0.6 is 23.2 Å². The number of hydrogen-bond donors (Lipinski definition) is 0. The van der Waals surface area contributed by atoms with Gasteiger partial charge in [0.25, 0.3) is 0 Å². The molecule has 3 aromatic rings. The second kappa shape index (κ2) is 11.2. The van der Waals surface area contributed by atoms with Crippen LogP contribution < -0.4 is 0 Å². The van der Waals surface area contributed by atoms with E-state index in [1.165, 1.54) is 0 Å². The minimum Gasteiger partial charge on any atom is -0.374 e. The molecule has 2 fully saturated rings. The van der Waals surface area contributed by atoms with Crippen LogP contribution in [0.3, 0.4) is 0 Å². The number of methoxy groups -OCH3 is 1. The van der Waals surface area contributed by atoms with Crippen LogP contribution in [0, 0.1) is 5.92 Å². The molecule has 2 aliphatic rings. The Kier molecular flexibility index (Phi) is 7.99. The van der Waals surface area contributed by atoms with Gasteiger partial charge in [-0.25, -0.2) is 0 Å². The van der Waals surface area contributed by atoms with Crippen molar-refractivity contribution < 1.29 is 23.7 Å². The van der Waals surface area contributed by atoms with Gasteiger partial charge in [0.1, 0.15) is 11.7 Å². The van der Waals surface area contributed by atoms with Gasteiger partial charge in [-0.3, -0.25) is 0 Å². The van der Waals surface area contributed by atoms with Crippen molar-refractivity contribution in [1.29, 1.82) is 0 Å². The van der Waals surface area contributed by atoms with E-state index in [1.54, 1.807) is 7.11 Å². The fourth-order valence-corrected chi connectivity index (χ4v) is 5.82. The Labute approximate surface area is 222 Å². The van der Waals surface area contributed by atoms with E-state index in [0.29, 0.717) is 19.8 Å². The summed E-state index contributed by atoms with van der Waals surface area (Å²) >= 11 is 13.8. The SMILES string of the molecule is CO[C@@H]1O[C@@]2(COCc3ccccc3)[C@H]([C@H](OCc3ccccc3)[C@H]1OCc1ccccc1)C2(Cl)Cl. The number of benzene rings is 3. The van der Waals surface area contributed by atoms with E-state index in [2.05, 4.69) is 0 Å². The third kappa shape index (κ3) is 5.20. The molecule has 3 aromatic carbocycles. The van der Waals surface area contributed by atoms with Gasteiger partial charge in [0.05, 0.1) is 38.4 Å². The maximum Gasteiger partial charge on any atom is 0.186 e. The van der Waals surface area contributed by atoms with Gasteiger partial charge in [-0.15, -0.1) is 0 Å². The number of alkyl halides is 2. The second-order valence-electron chi connectivity index (χ2n) is 9.21. The van der Waals surface area contributed by atoms with Gasteiger partial charge in [-0.1, -0.05) is 114 Å². The molecule has 190 valence electrons. The van der Waals surface area contributed by atoms with Crippen molar-refractivity contribution in [3.63, 3.8) is 0 Å². The largest absolute Gasteiger partial charge is 0.374 e. The minimum atomic E-state index is -1.22. The summed E-state index contributed by atoms with van der Waals surface area (Å²) < 4.78 is 29.8. The van der Waals surface area contributed by atoms with Crippen LogP contribution in [0.2, 0.25) is 0 Å². The number of rotatable bonds is 11. The Hall–Kier alpha value is -1.96. The molecule has 0 aromatic heterocycles. The van der Waals surface area contributed by atoms with E-state index in [4.69, 9.17) is 46.9 Å². The summed E-state index contributed by atoms with van der Waals surface area (Å²) in [7, 11) is 1.59. The molecule has 1 heterocycles. The van der Waals surface area contributed by atoms with E-state index in [0.717, 1.165) is 16.7 Å². The molecular formula is C29H30Cl2O5. The molecular weight excluding hydrogens is 499 g/mol. The first-order chi connectivity index (χ1) is 17.5. The zero-order valence-corrected chi connectivity index (χ0v) is 21.6. The van der Waals surface area contributed by atoms with Crippen molar-refractivity contribution >= 4 is 23.2 Å². The van der Waals surface area contributed by atoms with Gasteiger partial charge in [-0.2, -0.15) is 0 Å². The summed E-state index contributed by atoms with van der Waals surface area (Å²) in [5.41, 5.74) is 2.16. The van der Waals surface area contributed by atoms with Gasteiger partial charge in [0.15, 0.2) is 10.6 Å². The van der Waals surface area contributed by atoms with Crippen LogP contribution in [-0.4, -0.2) is 42.1 Å². The van der Waals surface area contributed by atoms with Crippen molar-refractivity contribution in [1.82, 2.24) is 0 Å². The van der Waals surface area contributed by atoms with Crippen LogP contribution in [0.5, 0.6) is 0 Å². The predicted molar refractivity (Wildman–Crippen MR) is 139 cm³/mol. The van der Waals surface area contributed by atoms with Crippen molar-refractivity contribution in [3.05, 3.63) is 108 Å². The Morgan fingerprint density at radius 1 is 0.694 bits per heavy atom. The van der Waals surface area contributed by atoms with Gasteiger partial charge >= 0.3 is 0 Å². The van der Waals surface area contributed by atoms with Crippen molar-refractivity contribution in [3.8, 4) is 0 Å². The smallest absolute Gasteiger partial charge is 0.186 e. The third-order valence-electron chi connectivity index (χ3n) is 6.85. The molecule has 36 heavy (non-hydrogen) atoms. The van der Waals surface area contributed by atoms with E-state index in [1.807, 2.05) is 91.0 Å². The van der Waals surface area contributed by atoms with Crippen molar-refractivity contribution in [2.45, 2.75) is 48.3 Å². The van der Waals surface area contributed by atoms with Crippen LogP contribution in [0.25, 0.3) is 0 Å². The maximum absolute atomic E-state index is 6.90. The average molecular weight is 529 g/mol. The average Bonchev–Trinajstić information content (AvgIpc) is 3.41. The highest BCUT2D eigenvalue weighted by Crippen LogP contribution is 2.69. The predicted octanol–water partition coefficient (Wildman–Crippen LogP) is 5.92. The quantitative estimate of drug-likeness (QED) is 0.289. The summed E-state index contributed by atoms with van der Waals surface area (Å²) in [5.74, 6) is -0.361. The number of hydrogen-bond acceptors (Lipinski definition) is 5. The molecule has 5 nitrogen and oxygen atoms in total. The summed E-state index contributed by atoms with van der Waals surface area (Å²) in [6.07, 6.45) is -1.74. The maximum atomic E-state index is 6.90. The lowest BCUT2D eigenvalue weighted by Gasteiger charge is -2.39. The fraction of sp³-hybridized carbons (Fsp3) is 0.379. The molecule has 0 amide bonds. The molecule has 1 aliphatic heterocycles. The first-order valence-electron chi connectivity index (χ1n) is 12.1. The summed E-state index contributed by atoms with van der Waals surface area (Å²) in [6, 6.07) is 29.9. The normalized spacial score (nSPS) is 28.4. The molecule has 1 saturated carbocycles. The topological polar surface area (TPSA) is 46.2 Å². The van der Waals surface area contributed by atoms with Gasteiger partial charge in [-0.05, 0) is 16.7 Å². The molecule has 5 rings (SSSR count). The highest BCUT2D eigenvalue weighted by molar-refractivity contribution is 6.52. The number of ether oxygens (including phenoxy) is 5. The molecule has 1 saturated heterocycles. The Balaban J connectivity index is 1.36. The van der Waals surface area contributed by atoms with Crippen LogP contribution in [0.15, 0.2) is 91.0 Å². The van der Waals surface area contributed by atoms with Gasteiger partial charge < -0.3 is 23.7 Å². The molecule has 0 unspecified atom stereocenters. The van der Waals surface area contributed by atoms with Crippen LogP contribution in [0.1, 0.15) is 16.7 Å². The lowest BCUT2D eigenvalue weighted by atomic mass is 10.0. The highest BCUT2D eigenvalue weighted by atomic mass is 35.5. The molecule has 1 aliphatic carbocycles. The summed E-state index contributed by atoms with van der Waals surface area (Å²) in [6.45, 7) is 1.38. The van der Waals surface area contributed by atoms with E-state index in [-0.39, 0.29) is 12.5 Å². The summed E-state index contributed by atoms with van der Waals surface area (Å²) in [4.78, 5) is 0. The molecule has 0 radical (unpaired) electrons. The zero-order chi connectivity index (χ0) is 25.0. The zero-order valence-electron chi connectivity index (χ0n) is 20.1. The van der Waals surface area contributed by atoms with Crippen molar-refractivity contribution in [2.24, 2.45) is 5.92 Å². The monoisotopic (exact) mass is 528 g/mol. The van der Waals surface area contributed by atoms with Crippen LogP contribution in [0.4, 0.5) is 0 Å². The van der Waals surface area contributed by atoms with E-state index in [9.17, 15) is 0 Å². The van der Waals surface area contributed by atoms with E-state index >= 15 is 0 Å². The first kappa shape index (κ1) is 25.7.